The molecule has 0 radical (unpaired) electrons. The summed E-state index contributed by atoms with van der Waals surface area (Å²) in [5, 5.41) is 6.58. The van der Waals surface area contributed by atoms with E-state index in [-0.39, 0.29) is 23.3 Å². The molecule has 3 heterocycles. The van der Waals surface area contributed by atoms with Crippen LogP contribution in [0.1, 0.15) is 44.1 Å². The van der Waals surface area contributed by atoms with Gasteiger partial charge in [-0.2, -0.15) is 0 Å². The highest BCUT2D eigenvalue weighted by Crippen LogP contribution is 2.55. The molecule has 0 aromatic heterocycles. The Hall–Kier alpha value is -2.08. The number of hydrogen-bond acceptors (Lipinski definition) is 4. The van der Waals surface area contributed by atoms with E-state index in [9.17, 15) is 9.59 Å². The first-order valence-electron chi connectivity index (χ1n) is 10.2. The van der Waals surface area contributed by atoms with Crippen molar-refractivity contribution in [1.29, 1.82) is 0 Å². The molecule has 1 aromatic rings. The molecule has 0 aliphatic carbocycles. The normalized spacial score (nSPS) is 25.0. The summed E-state index contributed by atoms with van der Waals surface area (Å²) in [4.78, 5) is 26.9. The van der Waals surface area contributed by atoms with Gasteiger partial charge in [0, 0.05) is 18.8 Å². The third-order valence-electron chi connectivity index (χ3n) is 6.74. The summed E-state index contributed by atoms with van der Waals surface area (Å²) in [6.07, 6.45) is 3.67. The molecule has 2 fully saturated rings. The van der Waals surface area contributed by atoms with E-state index in [1.54, 1.807) is 0 Å². The zero-order chi connectivity index (χ0) is 18.9. The van der Waals surface area contributed by atoms with Gasteiger partial charge in [-0.05, 0) is 68.7 Å². The molecule has 0 spiro atoms. The van der Waals surface area contributed by atoms with E-state index in [1.165, 1.54) is 0 Å². The number of anilines is 1. The first kappa shape index (κ1) is 18.3. The van der Waals surface area contributed by atoms with Crippen LogP contribution in [-0.2, 0) is 9.53 Å². The number of carbonyl (C=O) groups excluding carboxylic acids is 2. The number of fused-ring (bicyclic) bond motifs is 1. The SMILES string of the molecule is CCOC(=O)N1CCC(C2(C3C(=O)Nc4ccccc43)CCNCC2)CC1. The minimum Gasteiger partial charge on any atom is -0.450 e. The number of rotatable bonds is 3. The van der Waals surface area contributed by atoms with Crippen LogP contribution in [0.5, 0.6) is 0 Å². The largest absolute Gasteiger partial charge is 0.450 e. The average Bonchev–Trinajstić information content (AvgIpc) is 3.05. The lowest BCUT2D eigenvalue weighted by molar-refractivity contribution is -0.122. The first-order valence-corrected chi connectivity index (χ1v) is 10.2. The number of nitrogens with zero attached hydrogens (tertiary/aromatic N) is 1. The number of carbonyl (C=O) groups is 2. The molecule has 4 rings (SSSR count). The summed E-state index contributed by atoms with van der Waals surface area (Å²) in [6.45, 7) is 5.58. The van der Waals surface area contributed by atoms with Crippen LogP contribution in [0.4, 0.5) is 10.5 Å². The van der Waals surface area contributed by atoms with Crippen LogP contribution in [0.2, 0.25) is 0 Å². The highest BCUT2D eigenvalue weighted by Gasteiger charge is 2.52. The third-order valence-corrected chi connectivity index (χ3v) is 6.74. The molecule has 146 valence electrons. The summed E-state index contributed by atoms with van der Waals surface area (Å²) < 4.78 is 5.16. The quantitative estimate of drug-likeness (QED) is 0.857. The van der Waals surface area contributed by atoms with E-state index in [0.717, 1.165) is 50.0 Å². The topological polar surface area (TPSA) is 70.7 Å². The molecule has 0 bridgehead atoms. The lowest BCUT2D eigenvalue weighted by atomic mass is 9.57. The highest BCUT2D eigenvalue weighted by molar-refractivity contribution is 6.03. The molecule has 2 N–H and O–H groups in total. The zero-order valence-electron chi connectivity index (χ0n) is 16.0. The Kier molecular flexibility index (Phi) is 5.08. The van der Waals surface area contributed by atoms with Crippen molar-refractivity contribution >= 4 is 17.7 Å². The Labute approximate surface area is 160 Å². The lowest BCUT2D eigenvalue weighted by Gasteiger charge is -2.49. The van der Waals surface area contributed by atoms with Crippen molar-refractivity contribution in [1.82, 2.24) is 10.2 Å². The fourth-order valence-electron chi connectivity index (χ4n) is 5.46. The number of ether oxygens (including phenoxy) is 1. The Morgan fingerprint density at radius 3 is 2.63 bits per heavy atom. The van der Waals surface area contributed by atoms with E-state index in [2.05, 4.69) is 16.7 Å². The molecule has 3 aliphatic rings. The van der Waals surface area contributed by atoms with Crippen LogP contribution in [0.3, 0.4) is 0 Å². The smallest absolute Gasteiger partial charge is 0.409 e. The first-order chi connectivity index (χ1) is 13.2. The van der Waals surface area contributed by atoms with Crippen LogP contribution < -0.4 is 10.6 Å². The third kappa shape index (κ3) is 3.20. The number of benzene rings is 1. The van der Waals surface area contributed by atoms with Crippen molar-refractivity contribution in [3.05, 3.63) is 29.8 Å². The molecule has 6 heteroatoms. The minimum absolute atomic E-state index is 0.0390. The van der Waals surface area contributed by atoms with Crippen molar-refractivity contribution in [3.8, 4) is 0 Å². The predicted octanol–water partition coefficient (Wildman–Crippen LogP) is 2.96. The number of likely N-dealkylation sites (tertiary alicyclic amines) is 1. The molecule has 2 amide bonds. The van der Waals surface area contributed by atoms with Gasteiger partial charge in [-0.25, -0.2) is 4.79 Å². The number of hydrogen-bond donors (Lipinski definition) is 2. The summed E-state index contributed by atoms with van der Waals surface area (Å²) in [6, 6.07) is 8.12. The van der Waals surface area contributed by atoms with Crippen LogP contribution in [0.15, 0.2) is 24.3 Å². The summed E-state index contributed by atoms with van der Waals surface area (Å²) in [7, 11) is 0. The van der Waals surface area contributed by atoms with Crippen molar-refractivity contribution in [2.45, 2.75) is 38.5 Å². The number of nitrogens with one attached hydrogen (secondary N) is 2. The average molecular weight is 371 g/mol. The van der Waals surface area contributed by atoms with Crippen molar-refractivity contribution in [2.24, 2.45) is 11.3 Å². The van der Waals surface area contributed by atoms with Crippen LogP contribution in [-0.4, -0.2) is 49.7 Å². The standard InChI is InChI=1S/C21H29N3O3/c1-2-27-20(26)24-13-7-15(8-14-24)21(9-11-22-12-10-21)18-16-5-3-4-6-17(16)23-19(18)25/h3-6,15,18,22H,2,7-14H2,1H3,(H,23,25). The lowest BCUT2D eigenvalue weighted by Crippen LogP contribution is -2.51. The van der Waals surface area contributed by atoms with E-state index in [4.69, 9.17) is 4.74 Å². The molecular formula is C21H29N3O3. The molecule has 27 heavy (non-hydrogen) atoms. The molecule has 1 atom stereocenters. The van der Waals surface area contributed by atoms with Crippen LogP contribution in [0.25, 0.3) is 0 Å². The summed E-state index contributed by atoms with van der Waals surface area (Å²) in [5.41, 5.74) is 2.08. The van der Waals surface area contributed by atoms with Gasteiger partial charge in [-0.15, -0.1) is 0 Å². The fourth-order valence-corrected chi connectivity index (χ4v) is 5.46. The van der Waals surface area contributed by atoms with Gasteiger partial charge in [0.15, 0.2) is 0 Å². The predicted molar refractivity (Wildman–Crippen MR) is 104 cm³/mol. The number of piperidine rings is 2. The Bertz CT molecular complexity index is 706. The van der Waals surface area contributed by atoms with E-state index >= 15 is 0 Å². The second-order valence-electron chi connectivity index (χ2n) is 7.95. The molecule has 0 saturated carbocycles. The summed E-state index contributed by atoms with van der Waals surface area (Å²) in [5.74, 6) is 0.494. The van der Waals surface area contributed by atoms with Crippen molar-refractivity contribution < 1.29 is 14.3 Å². The maximum atomic E-state index is 13.0. The van der Waals surface area contributed by atoms with Crippen molar-refractivity contribution in [2.75, 3.05) is 38.1 Å². The van der Waals surface area contributed by atoms with Gasteiger partial charge in [-0.3, -0.25) is 4.79 Å². The van der Waals surface area contributed by atoms with Crippen molar-refractivity contribution in [3.63, 3.8) is 0 Å². The van der Waals surface area contributed by atoms with E-state index < -0.39 is 0 Å². The fraction of sp³-hybridized carbons (Fsp3) is 0.619. The molecule has 3 aliphatic heterocycles. The van der Waals surface area contributed by atoms with Crippen LogP contribution in [0, 0.1) is 11.3 Å². The Morgan fingerprint density at radius 1 is 1.22 bits per heavy atom. The molecule has 2 saturated heterocycles. The molecular weight excluding hydrogens is 342 g/mol. The maximum absolute atomic E-state index is 13.0. The zero-order valence-corrected chi connectivity index (χ0v) is 16.0. The second kappa shape index (κ2) is 7.50. The maximum Gasteiger partial charge on any atom is 0.409 e. The van der Waals surface area contributed by atoms with Gasteiger partial charge in [0.05, 0.1) is 12.5 Å². The van der Waals surface area contributed by atoms with Crippen LogP contribution >= 0.6 is 0 Å². The molecule has 1 aromatic carbocycles. The van der Waals surface area contributed by atoms with E-state index in [1.807, 2.05) is 30.0 Å². The monoisotopic (exact) mass is 371 g/mol. The second-order valence-corrected chi connectivity index (χ2v) is 7.95. The van der Waals surface area contributed by atoms with Gasteiger partial charge in [0.1, 0.15) is 0 Å². The van der Waals surface area contributed by atoms with Gasteiger partial charge in [-0.1, -0.05) is 18.2 Å². The summed E-state index contributed by atoms with van der Waals surface area (Å²) >= 11 is 0. The Morgan fingerprint density at radius 2 is 1.93 bits per heavy atom. The number of para-hydroxylation sites is 1. The van der Waals surface area contributed by atoms with Gasteiger partial charge < -0.3 is 20.3 Å². The minimum atomic E-state index is -0.209. The van der Waals surface area contributed by atoms with E-state index in [0.29, 0.717) is 25.6 Å². The molecule has 1 unspecified atom stereocenters. The van der Waals surface area contributed by atoms with Gasteiger partial charge >= 0.3 is 6.09 Å². The van der Waals surface area contributed by atoms with Gasteiger partial charge in [0.2, 0.25) is 5.91 Å². The highest BCUT2D eigenvalue weighted by atomic mass is 16.6. The molecule has 6 nitrogen and oxygen atoms in total. The van der Waals surface area contributed by atoms with Gasteiger partial charge in [0.25, 0.3) is 0 Å². The Balaban J connectivity index is 1.59. The number of amides is 2.